The van der Waals surface area contributed by atoms with Crippen molar-refractivity contribution in [3.63, 3.8) is 0 Å². The van der Waals surface area contributed by atoms with Gasteiger partial charge >= 0.3 is 5.97 Å². The van der Waals surface area contributed by atoms with Gasteiger partial charge in [-0.1, -0.05) is 36.4 Å². The molecule has 6 heteroatoms. The van der Waals surface area contributed by atoms with Gasteiger partial charge in [0.15, 0.2) is 11.6 Å². The fraction of sp³-hybridized carbons (Fsp3) is 0.0870. The summed E-state index contributed by atoms with van der Waals surface area (Å²) in [5.41, 5.74) is 0.377. The second kappa shape index (κ2) is 8.93. The third-order valence-corrected chi connectivity index (χ3v) is 4.13. The number of carboxylic acid groups (broad SMARTS) is 1. The maximum atomic E-state index is 13.8. The first-order valence-electron chi connectivity index (χ1n) is 8.77. The van der Waals surface area contributed by atoms with Gasteiger partial charge in [0.1, 0.15) is 28.6 Å². The van der Waals surface area contributed by atoms with E-state index >= 15 is 0 Å². The summed E-state index contributed by atoms with van der Waals surface area (Å²) in [5, 5.41) is 9.60. The molecule has 3 aromatic carbocycles. The lowest BCUT2D eigenvalue weighted by Gasteiger charge is -2.14. The summed E-state index contributed by atoms with van der Waals surface area (Å²) in [6, 6.07) is 19.5. The lowest BCUT2D eigenvalue weighted by molar-refractivity contribution is -0.130. The highest BCUT2D eigenvalue weighted by atomic mass is 19.1. The number of rotatable bonds is 7. The molecule has 0 amide bonds. The molecule has 0 saturated carbocycles. The van der Waals surface area contributed by atoms with E-state index in [1.165, 1.54) is 19.2 Å². The number of aliphatic carboxylic acids is 1. The van der Waals surface area contributed by atoms with Crippen LogP contribution in [0.15, 0.2) is 78.6 Å². The minimum Gasteiger partial charge on any atom is -0.500 e. The Morgan fingerprint density at radius 3 is 2.07 bits per heavy atom. The maximum Gasteiger partial charge on any atom is 0.339 e. The highest BCUT2D eigenvalue weighted by molar-refractivity contribution is 6.16. The quantitative estimate of drug-likeness (QED) is 0.401. The summed E-state index contributed by atoms with van der Waals surface area (Å²) in [6.45, 7) is 1.57. The van der Waals surface area contributed by atoms with E-state index in [1.807, 2.05) is 0 Å². The van der Waals surface area contributed by atoms with Crippen LogP contribution in [0, 0.1) is 5.82 Å². The molecule has 0 aromatic heterocycles. The monoisotopic (exact) mass is 394 g/mol. The Bertz CT molecular complexity index is 1060. The Labute approximate surface area is 167 Å². The summed E-state index contributed by atoms with van der Waals surface area (Å²) >= 11 is 0. The summed E-state index contributed by atoms with van der Waals surface area (Å²) < 4.78 is 30.4. The van der Waals surface area contributed by atoms with Crippen LogP contribution < -0.4 is 9.47 Å². The highest BCUT2D eigenvalue weighted by Gasteiger charge is 2.19. The number of carboxylic acids is 1. The maximum absolute atomic E-state index is 13.8. The van der Waals surface area contributed by atoms with Gasteiger partial charge in [-0.05, 0) is 37.3 Å². The van der Waals surface area contributed by atoms with Crippen LogP contribution in [-0.2, 0) is 9.53 Å². The molecule has 0 aliphatic heterocycles. The number of hydrogen-bond acceptors (Lipinski definition) is 4. The smallest absolute Gasteiger partial charge is 0.339 e. The number of hydrogen-bond donors (Lipinski definition) is 1. The van der Waals surface area contributed by atoms with Crippen molar-refractivity contribution in [2.24, 2.45) is 0 Å². The second-order valence-electron chi connectivity index (χ2n) is 6.05. The van der Waals surface area contributed by atoms with Crippen LogP contribution in [0.5, 0.6) is 23.0 Å². The largest absolute Gasteiger partial charge is 0.500 e. The van der Waals surface area contributed by atoms with Gasteiger partial charge in [0.2, 0.25) is 0 Å². The molecule has 0 heterocycles. The molecule has 0 fully saturated rings. The Hall–Kier alpha value is -3.80. The van der Waals surface area contributed by atoms with Crippen molar-refractivity contribution in [1.29, 1.82) is 0 Å². The molecule has 29 heavy (non-hydrogen) atoms. The molecule has 0 bridgehead atoms. The van der Waals surface area contributed by atoms with Crippen molar-refractivity contribution in [1.82, 2.24) is 0 Å². The van der Waals surface area contributed by atoms with Gasteiger partial charge in [-0.2, -0.15) is 0 Å². The first-order valence-corrected chi connectivity index (χ1v) is 8.77. The van der Waals surface area contributed by atoms with E-state index in [1.54, 1.807) is 67.6 Å². The highest BCUT2D eigenvalue weighted by Crippen LogP contribution is 2.34. The Balaban J connectivity index is 1.92. The number of para-hydroxylation sites is 2. The summed E-state index contributed by atoms with van der Waals surface area (Å²) in [6.07, 6.45) is 0. The lowest BCUT2D eigenvalue weighted by Crippen LogP contribution is -2.05. The number of methoxy groups -OCH3 is 1. The summed E-state index contributed by atoms with van der Waals surface area (Å²) in [4.78, 5) is 11.7. The van der Waals surface area contributed by atoms with Crippen LogP contribution in [-0.4, -0.2) is 18.2 Å². The molecule has 0 radical (unpaired) electrons. The van der Waals surface area contributed by atoms with Crippen LogP contribution in [0.3, 0.4) is 0 Å². The topological polar surface area (TPSA) is 65.0 Å². The van der Waals surface area contributed by atoms with E-state index < -0.39 is 11.8 Å². The molecule has 0 aliphatic rings. The zero-order valence-corrected chi connectivity index (χ0v) is 15.9. The summed E-state index contributed by atoms with van der Waals surface area (Å²) in [5.74, 6) is -0.128. The van der Waals surface area contributed by atoms with Crippen LogP contribution in [0.25, 0.3) is 5.57 Å². The van der Waals surface area contributed by atoms with Crippen LogP contribution >= 0.6 is 0 Å². The average molecular weight is 394 g/mol. The molecule has 0 saturated heterocycles. The number of ether oxygens (including phenoxy) is 3. The fourth-order valence-corrected chi connectivity index (χ4v) is 2.70. The molecule has 0 atom stereocenters. The zero-order valence-electron chi connectivity index (χ0n) is 15.9. The van der Waals surface area contributed by atoms with Gasteiger partial charge < -0.3 is 19.3 Å². The molecular formula is C23H19FO5. The standard InChI is InChI=1S/C23H19FO5/c1-15(27-2)22(23(25)26)18-10-3-5-12-20(18)28-16-8-7-9-17(14-16)29-21-13-6-4-11-19(21)24/h3-14H,1-2H3,(H,25,26)/b22-15+. The zero-order chi connectivity index (χ0) is 20.8. The minimum atomic E-state index is -1.13. The lowest BCUT2D eigenvalue weighted by atomic mass is 10.0. The minimum absolute atomic E-state index is 0.00172. The number of allylic oxidation sites excluding steroid dienone is 1. The van der Waals surface area contributed by atoms with Gasteiger partial charge in [0.05, 0.1) is 7.11 Å². The van der Waals surface area contributed by atoms with Gasteiger partial charge in [-0.3, -0.25) is 0 Å². The normalized spacial score (nSPS) is 11.4. The first kappa shape index (κ1) is 19.9. The first-order chi connectivity index (χ1) is 14.0. The van der Waals surface area contributed by atoms with Gasteiger partial charge in [-0.25, -0.2) is 9.18 Å². The van der Waals surface area contributed by atoms with Crippen molar-refractivity contribution in [2.45, 2.75) is 6.92 Å². The predicted molar refractivity (Wildman–Crippen MR) is 107 cm³/mol. The van der Waals surface area contributed by atoms with E-state index in [4.69, 9.17) is 14.2 Å². The molecular weight excluding hydrogens is 375 g/mol. The van der Waals surface area contributed by atoms with Crippen LogP contribution in [0.4, 0.5) is 4.39 Å². The Morgan fingerprint density at radius 2 is 1.45 bits per heavy atom. The molecule has 0 aliphatic carbocycles. The van der Waals surface area contributed by atoms with Crippen molar-refractivity contribution in [3.8, 4) is 23.0 Å². The molecule has 5 nitrogen and oxygen atoms in total. The van der Waals surface area contributed by atoms with E-state index in [0.717, 1.165) is 0 Å². The Morgan fingerprint density at radius 1 is 0.862 bits per heavy atom. The molecule has 0 spiro atoms. The predicted octanol–water partition coefficient (Wildman–Crippen LogP) is 5.87. The van der Waals surface area contributed by atoms with Crippen LogP contribution in [0.1, 0.15) is 12.5 Å². The fourth-order valence-electron chi connectivity index (χ4n) is 2.70. The Kier molecular flexibility index (Phi) is 6.14. The van der Waals surface area contributed by atoms with E-state index in [9.17, 15) is 14.3 Å². The molecule has 0 unspecified atom stereocenters. The SMILES string of the molecule is CO/C(C)=C(/C(=O)O)c1ccccc1Oc1cccc(Oc2ccccc2F)c1. The second-order valence-corrected chi connectivity index (χ2v) is 6.05. The van der Waals surface area contributed by atoms with E-state index in [-0.39, 0.29) is 17.1 Å². The van der Waals surface area contributed by atoms with Gasteiger partial charge in [0.25, 0.3) is 0 Å². The number of benzene rings is 3. The van der Waals surface area contributed by atoms with Gasteiger partial charge in [0, 0.05) is 11.6 Å². The van der Waals surface area contributed by atoms with Crippen molar-refractivity contribution in [2.75, 3.05) is 7.11 Å². The number of carbonyl (C=O) groups is 1. The average Bonchev–Trinajstić information content (AvgIpc) is 2.71. The van der Waals surface area contributed by atoms with Crippen molar-refractivity contribution >= 4 is 11.5 Å². The van der Waals surface area contributed by atoms with Gasteiger partial charge in [-0.15, -0.1) is 0 Å². The number of halogens is 1. The molecule has 3 rings (SSSR count). The molecule has 148 valence electrons. The molecule has 3 aromatic rings. The summed E-state index contributed by atoms with van der Waals surface area (Å²) in [7, 11) is 1.41. The van der Waals surface area contributed by atoms with Crippen LogP contribution in [0.2, 0.25) is 0 Å². The third-order valence-electron chi connectivity index (χ3n) is 4.13. The van der Waals surface area contributed by atoms with E-state index in [2.05, 4.69) is 0 Å². The van der Waals surface area contributed by atoms with E-state index in [0.29, 0.717) is 22.8 Å². The third kappa shape index (κ3) is 4.73. The van der Waals surface area contributed by atoms with Crippen molar-refractivity contribution < 1.29 is 28.5 Å². The van der Waals surface area contributed by atoms with Crippen molar-refractivity contribution in [3.05, 3.63) is 89.9 Å². The molecule has 1 N–H and O–H groups in total.